The van der Waals surface area contributed by atoms with E-state index >= 15 is 0 Å². The van der Waals surface area contributed by atoms with Crippen molar-refractivity contribution < 1.29 is 4.79 Å². The minimum atomic E-state index is -0.00388. The van der Waals surface area contributed by atoms with Crippen LogP contribution >= 0.6 is 23.2 Å². The number of carbonyl (C=O) groups excluding carboxylic acids is 1. The van der Waals surface area contributed by atoms with Gasteiger partial charge >= 0.3 is 6.03 Å². The van der Waals surface area contributed by atoms with Crippen LogP contribution in [0.15, 0.2) is 48.5 Å². The number of amides is 2. The maximum atomic E-state index is 12.6. The number of hydrogen-bond donors (Lipinski definition) is 1. The van der Waals surface area contributed by atoms with Crippen molar-refractivity contribution in [3.8, 4) is 0 Å². The van der Waals surface area contributed by atoms with Crippen molar-refractivity contribution in [1.29, 1.82) is 0 Å². The molecule has 25 heavy (non-hydrogen) atoms. The van der Waals surface area contributed by atoms with Gasteiger partial charge in [0.05, 0.1) is 0 Å². The lowest BCUT2D eigenvalue weighted by Crippen LogP contribution is -2.41. The van der Waals surface area contributed by atoms with Crippen LogP contribution in [-0.2, 0) is 6.54 Å². The first-order valence-corrected chi connectivity index (χ1v) is 9.40. The first-order valence-electron chi connectivity index (χ1n) is 8.64. The third-order valence-corrected chi connectivity index (χ3v) is 5.16. The molecule has 0 aromatic heterocycles. The van der Waals surface area contributed by atoms with E-state index in [1.165, 1.54) is 5.56 Å². The summed E-state index contributed by atoms with van der Waals surface area (Å²) in [5.41, 5.74) is 2.30. The number of benzene rings is 2. The van der Waals surface area contributed by atoms with E-state index in [1.54, 1.807) is 0 Å². The zero-order chi connectivity index (χ0) is 17.6. The van der Waals surface area contributed by atoms with Gasteiger partial charge in [-0.1, -0.05) is 53.9 Å². The quantitative estimate of drug-likeness (QED) is 0.756. The standard InChI is InChI=1S/C20H22Cl2N2O/c21-18-8-4-15(5-9-18)13-23-20(25)24-12-2-1-3-17(14-24)16-6-10-19(22)11-7-16/h4-11,17H,1-3,12-14H2,(H,23,25). The van der Waals surface area contributed by atoms with Gasteiger partial charge in [-0.3, -0.25) is 0 Å². The molecule has 1 atom stereocenters. The molecule has 1 heterocycles. The predicted octanol–water partition coefficient (Wildman–Crippen LogP) is 5.47. The third-order valence-electron chi connectivity index (χ3n) is 4.66. The Bertz CT molecular complexity index is 701. The lowest BCUT2D eigenvalue weighted by molar-refractivity contribution is 0.197. The van der Waals surface area contributed by atoms with Crippen LogP contribution in [0.2, 0.25) is 10.0 Å². The van der Waals surface area contributed by atoms with Gasteiger partial charge in [0.1, 0.15) is 0 Å². The van der Waals surface area contributed by atoms with Gasteiger partial charge < -0.3 is 10.2 Å². The minimum Gasteiger partial charge on any atom is -0.334 e. The van der Waals surface area contributed by atoms with Crippen molar-refractivity contribution in [2.45, 2.75) is 31.7 Å². The summed E-state index contributed by atoms with van der Waals surface area (Å²) >= 11 is 11.9. The molecular weight excluding hydrogens is 355 g/mol. The van der Waals surface area contributed by atoms with E-state index in [1.807, 2.05) is 41.3 Å². The van der Waals surface area contributed by atoms with Gasteiger partial charge in [-0.2, -0.15) is 0 Å². The Hall–Kier alpha value is -1.71. The fourth-order valence-electron chi connectivity index (χ4n) is 3.23. The largest absolute Gasteiger partial charge is 0.334 e. The molecule has 1 aliphatic heterocycles. The normalized spacial score (nSPS) is 17.8. The molecule has 132 valence electrons. The fourth-order valence-corrected chi connectivity index (χ4v) is 3.48. The summed E-state index contributed by atoms with van der Waals surface area (Å²) in [6.07, 6.45) is 3.27. The van der Waals surface area contributed by atoms with Crippen LogP contribution in [-0.4, -0.2) is 24.0 Å². The van der Waals surface area contributed by atoms with E-state index in [4.69, 9.17) is 23.2 Å². The minimum absolute atomic E-state index is 0.00388. The highest BCUT2D eigenvalue weighted by Crippen LogP contribution is 2.27. The van der Waals surface area contributed by atoms with E-state index in [0.29, 0.717) is 17.5 Å². The van der Waals surface area contributed by atoms with Gasteiger partial charge in [0.15, 0.2) is 0 Å². The summed E-state index contributed by atoms with van der Waals surface area (Å²) in [4.78, 5) is 14.5. The molecule has 2 aromatic rings. The van der Waals surface area contributed by atoms with E-state index in [-0.39, 0.29) is 6.03 Å². The molecule has 0 saturated carbocycles. The van der Waals surface area contributed by atoms with Crippen LogP contribution in [0, 0.1) is 0 Å². The Labute approximate surface area is 158 Å². The molecule has 1 saturated heterocycles. The zero-order valence-corrected chi connectivity index (χ0v) is 15.6. The zero-order valence-electron chi connectivity index (χ0n) is 14.1. The molecule has 0 aliphatic carbocycles. The van der Waals surface area contributed by atoms with Crippen molar-refractivity contribution >= 4 is 29.2 Å². The number of urea groups is 1. The van der Waals surface area contributed by atoms with Crippen molar-refractivity contribution in [2.75, 3.05) is 13.1 Å². The maximum Gasteiger partial charge on any atom is 0.317 e. The van der Waals surface area contributed by atoms with Crippen LogP contribution in [0.4, 0.5) is 4.79 Å². The topological polar surface area (TPSA) is 32.3 Å². The molecule has 3 nitrogen and oxygen atoms in total. The van der Waals surface area contributed by atoms with Crippen LogP contribution in [0.3, 0.4) is 0 Å². The molecular formula is C20H22Cl2N2O. The number of carbonyl (C=O) groups is 1. The van der Waals surface area contributed by atoms with Gasteiger partial charge in [0, 0.05) is 35.6 Å². The second-order valence-corrected chi connectivity index (χ2v) is 7.35. The van der Waals surface area contributed by atoms with Crippen LogP contribution in [0.1, 0.15) is 36.3 Å². The van der Waals surface area contributed by atoms with Gasteiger partial charge in [-0.25, -0.2) is 4.79 Å². The number of hydrogen-bond acceptors (Lipinski definition) is 1. The summed E-state index contributed by atoms with van der Waals surface area (Å²) in [7, 11) is 0. The lowest BCUT2D eigenvalue weighted by atomic mass is 9.94. The summed E-state index contributed by atoms with van der Waals surface area (Å²) in [6.45, 7) is 2.06. The SMILES string of the molecule is O=C(NCc1ccc(Cl)cc1)N1CCCCC(c2ccc(Cl)cc2)C1. The Morgan fingerprint density at radius 2 is 1.64 bits per heavy atom. The lowest BCUT2D eigenvalue weighted by Gasteiger charge is -2.25. The van der Waals surface area contributed by atoms with Gasteiger partial charge in [0.2, 0.25) is 0 Å². The number of nitrogens with zero attached hydrogens (tertiary/aromatic N) is 1. The van der Waals surface area contributed by atoms with E-state index in [0.717, 1.165) is 42.9 Å². The number of likely N-dealkylation sites (tertiary alicyclic amines) is 1. The highest BCUT2D eigenvalue weighted by molar-refractivity contribution is 6.30. The maximum absolute atomic E-state index is 12.6. The molecule has 1 unspecified atom stereocenters. The molecule has 1 aliphatic rings. The first-order chi connectivity index (χ1) is 12.1. The van der Waals surface area contributed by atoms with Crippen molar-refractivity contribution in [3.63, 3.8) is 0 Å². The number of nitrogens with one attached hydrogen (secondary N) is 1. The fraction of sp³-hybridized carbons (Fsp3) is 0.350. The van der Waals surface area contributed by atoms with Gasteiger partial charge in [-0.05, 0) is 48.2 Å². The molecule has 0 spiro atoms. The summed E-state index contributed by atoms with van der Waals surface area (Å²) < 4.78 is 0. The van der Waals surface area contributed by atoms with E-state index in [9.17, 15) is 4.79 Å². The van der Waals surface area contributed by atoms with E-state index < -0.39 is 0 Å². The monoisotopic (exact) mass is 376 g/mol. The molecule has 1 fully saturated rings. The second-order valence-electron chi connectivity index (χ2n) is 6.48. The highest BCUT2D eigenvalue weighted by Gasteiger charge is 2.23. The predicted molar refractivity (Wildman–Crippen MR) is 103 cm³/mol. The second kappa shape index (κ2) is 8.59. The molecule has 5 heteroatoms. The Balaban J connectivity index is 1.60. The van der Waals surface area contributed by atoms with Crippen LogP contribution < -0.4 is 5.32 Å². The summed E-state index contributed by atoms with van der Waals surface area (Å²) in [6, 6.07) is 15.5. The number of rotatable bonds is 3. The molecule has 0 radical (unpaired) electrons. The van der Waals surface area contributed by atoms with Crippen LogP contribution in [0.5, 0.6) is 0 Å². The number of halogens is 2. The van der Waals surface area contributed by atoms with Gasteiger partial charge in [-0.15, -0.1) is 0 Å². The van der Waals surface area contributed by atoms with Crippen LogP contribution in [0.25, 0.3) is 0 Å². The molecule has 3 rings (SSSR count). The van der Waals surface area contributed by atoms with Gasteiger partial charge in [0.25, 0.3) is 0 Å². The smallest absolute Gasteiger partial charge is 0.317 e. The summed E-state index contributed by atoms with van der Waals surface area (Å²) in [5, 5.41) is 4.47. The Morgan fingerprint density at radius 1 is 1.00 bits per heavy atom. The average molecular weight is 377 g/mol. The molecule has 2 aromatic carbocycles. The van der Waals surface area contributed by atoms with E-state index in [2.05, 4.69) is 17.4 Å². The molecule has 2 amide bonds. The summed E-state index contributed by atoms with van der Waals surface area (Å²) in [5.74, 6) is 0.362. The van der Waals surface area contributed by atoms with Crippen molar-refractivity contribution in [1.82, 2.24) is 10.2 Å². The first kappa shape index (κ1) is 18.1. The molecule has 0 bridgehead atoms. The third kappa shape index (κ3) is 5.13. The van der Waals surface area contributed by atoms with Crippen molar-refractivity contribution in [3.05, 3.63) is 69.7 Å². The van der Waals surface area contributed by atoms with Crippen molar-refractivity contribution in [2.24, 2.45) is 0 Å². The Kier molecular flexibility index (Phi) is 6.22. The highest BCUT2D eigenvalue weighted by atomic mass is 35.5. The Morgan fingerprint density at radius 3 is 2.32 bits per heavy atom. The molecule has 1 N–H and O–H groups in total. The average Bonchev–Trinajstić information content (AvgIpc) is 2.88.